The SMILES string of the molecule is CCC1OCCC1CNC(=O)C(=O)NCC(N)=S. The van der Waals surface area contributed by atoms with E-state index in [0.29, 0.717) is 13.2 Å². The average molecular weight is 273 g/mol. The van der Waals surface area contributed by atoms with E-state index >= 15 is 0 Å². The molecule has 0 radical (unpaired) electrons. The van der Waals surface area contributed by atoms with Crippen molar-refractivity contribution in [2.75, 3.05) is 19.7 Å². The fourth-order valence-corrected chi connectivity index (χ4v) is 2.00. The van der Waals surface area contributed by atoms with Crippen LogP contribution >= 0.6 is 12.2 Å². The number of thiocarbonyl (C=S) groups is 1. The van der Waals surface area contributed by atoms with Crippen LogP contribution in [-0.4, -0.2) is 42.6 Å². The highest BCUT2D eigenvalue weighted by Crippen LogP contribution is 2.22. The third kappa shape index (κ3) is 4.58. The number of ether oxygens (including phenoxy) is 1. The zero-order valence-electron chi connectivity index (χ0n) is 10.4. The highest BCUT2D eigenvalue weighted by molar-refractivity contribution is 7.80. The van der Waals surface area contributed by atoms with Crippen LogP contribution in [0.2, 0.25) is 0 Å². The molecule has 0 aromatic heterocycles. The normalized spacial score (nSPS) is 22.5. The molecule has 0 saturated carbocycles. The van der Waals surface area contributed by atoms with Gasteiger partial charge in [0.1, 0.15) is 0 Å². The van der Waals surface area contributed by atoms with Gasteiger partial charge in [0.2, 0.25) is 0 Å². The summed E-state index contributed by atoms with van der Waals surface area (Å²) in [6.07, 6.45) is 1.99. The fourth-order valence-electron chi connectivity index (χ4n) is 1.93. The predicted molar refractivity (Wildman–Crippen MR) is 70.9 cm³/mol. The van der Waals surface area contributed by atoms with Crippen molar-refractivity contribution >= 4 is 29.0 Å². The first kappa shape index (κ1) is 14.8. The van der Waals surface area contributed by atoms with Crippen LogP contribution in [0, 0.1) is 5.92 Å². The first-order chi connectivity index (χ1) is 8.54. The maximum Gasteiger partial charge on any atom is 0.309 e. The molecular formula is C11H19N3O3S. The van der Waals surface area contributed by atoms with Crippen molar-refractivity contribution in [1.82, 2.24) is 10.6 Å². The van der Waals surface area contributed by atoms with Gasteiger partial charge in [-0.1, -0.05) is 19.1 Å². The minimum Gasteiger partial charge on any atom is -0.392 e. The minimum absolute atomic E-state index is 0.0334. The molecule has 2 amide bonds. The topological polar surface area (TPSA) is 93.4 Å². The van der Waals surface area contributed by atoms with Gasteiger partial charge in [-0.05, 0) is 12.8 Å². The van der Waals surface area contributed by atoms with Crippen LogP contribution in [0.5, 0.6) is 0 Å². The van der Waals surface area contributed by atoms with Gasteiger partial charge in [0.15, 0.2) is 0 Å². The standard InChI is InChI=1S/C11H19N3O3S/c1-2-8-7(3-4-17-8)5-13-10(15)11(16)14-6-9(12)18/h7-8H,2-6H2,1H3,(H2,12,18)(H,13,15)(H,14,16). The molecule has 1 fully saturated rings. The van der Waals surface area contributed by atoms with Gasteiger partial charge in [-0.25, -0.2) is 0 Å². The Morgan fingerprint density at radius 3 is 2.67 bits per heavy atom. The second-order valence-corrected chi connectivity index (χ2v) is 4.75. The van der Waals surface area contributed by atoms with E-state index in [9.17, 15) is 9.59 Å². The van der Waals surface area contributed by atoms with E-state index < -0.39 is 11.8 Å². The number of hydrogen-bond donors (Lipinski definition) is 3. The van der Waals surface area contributed by atoms with Crippen molar-refractivity contribution in [2.24, 2.45) is 11.7 Å². The van der Waals surface area contributed by atoms with E-state index in [1.54, 1.807) is 0 Å². The van der Waals surface area contributed by atoms with Gasteiger partial charge < -0.3 is 21.1 Å². The number of amides is 2. The molecular weight excluding hydrogens is 254 g/mol. The number of carbonyl (C=O) groups is 2. The Bertz CT molecular complexity index is 335. The second kappa shape index (κ2) is 7.27. The Morgan fingerprint density at radius 2 is 2.06 bits per heavy atom. The summed E-state index contributed by atoms with van der Waals surface area (Å²) < 4.78 is 5.50. The molecule has 2 unspecified atom stereocenters. The molecule has 6 nitrogen and oxygen atoms in total. The molecule has 1 rings (SSSR count). The Hall–Kier alpha value is -1.21. The van der Waals surface area contributed by atoms with E-state index in [2.05, 4.69) is 22.9 Å². The van der Waals surface area contributed by atoms with E-state index in [0.717, 1.165) is 12.8 Å². The first-order valence-corrected chi connectivity index (χ1v) is 6.41. The molecule has 0 aliphatic carbocycles. The molecule has 0 spiro atoms. The third-order valence-electron chi connectivity index (χ3n) is 2.90. The smallest absolute Gasteiger partial charge is 0.309 e. The summed E-state index contributed by atoms with van der Waals surface area (Å²) in [5, 5.41) is 4.93. The number of carbonyl (C=O) groups excluding carboxylic acids is 2. The van der Waals surface area contributed by atoms with E-state index in [1.807, 2.05) is 6.92 Å². The molecule has 0 aromatic rings. The van der Waals surface area contributed by atoms with Crippen LogP contribution in [0.25, 0.3) is 0 Å². The summed E-state index contributed by atoms with van der Waals surface area (Å²) in [5.41, 5.74) is 5.22. The van der Waals surface area contributed by atoms with Gasteiger partial charge in [0.05, 0.1) is 17.6 Å². The summed E-state index contributed by atoms with van der Waals surface area (Å²) in [4.78, 5) is 22.9. The van der Waals surface area contributed by atoms with Gasteiger partial charge in [0, 0.05) is 19.1 Å². The molecule has 1 aliphatic heterocycles. The van der Waals surface area contributed by atoms with Crippen molar-refractivity contribution in [1.29, 1.82) is 0 Å². The molecule has 102 valence electrons. The van der Waals surface area contributed by atoms with Crippen molar-refractivity contribution in [3.05, 3.63) is 0 Å². The zero-order chi connectivity index (χ0) is 13.5. The Labute approximate surface area is 112 Å². The molecule has 1 saturated heterocycles. The van der Waals surface area contributed by atoms with E-state index in [1.165, 1.54) is 0 Å². The summed E-state index contributed by atoms with van der Waals surface area (Å²) >= 11 is 4.60. The van der Waals surface area contributed by atoms with Crippen LogP contribution in [-0.2, 0) is 14.3 Å². The molecule has 0 aromatic carbocycles. The molecule has 18 heavy (non-hydrogen) atoms. The summed E-state index contributed by atoms with van der Waals surface area (Å²) in [5.74, 6) is -1.09. The Morgan fingerprint density at radius 1 is 1.39 bits per heavy atom. The van der Waals surface area contributed by atoms with Crippen LogP contribution in [0.4, 0.5) is 0 Å². The summed E-state index contributed by atoms with van der Waals surface area (Å²) in [6.45, 7) is 3.25. The zero-order valence-corrected chi connectivity index (χ0v) is 11.2. The number of rotatable bonds is 5. The lowest BCUT2D eigenvalue weighted by Crippen LogP contribution is -2.44. The van der Waals surface area contributed by atoms with Crippen molar-refractivity contribution in [3.8, 4) is 0 Å². The minimum atomic E-state index is -0.713. The van der Waals surface area contributed by atoms with Gasteiger partial charge in [-0.2, -0.15) is 0 Å². The van der Waals surface area contributed by atoms with Gasteiger partial charge >= 0.3 is 11.8 Å². The quantitative estimate of drug-likeness (QED) is 0.456. The van der Waals surface area contributed by atoms with Crippen molar-refractivity contribution in [3.63, 3.8) is 0 Å². The monoisotopic (exact) mass is 273 g/mol. The van der Waals surface area contributed by atoms with Crippen molar-refractivity contribution < 1.29 is 14.3 Å². The molecule has 7 heteroatoms. The summed E-state index contributed by atoms with van der Waals surface area (Å²) in [6, 6.07) is 0. The van der Waals surface area contributed by atoms with Crippen molar-refractivity contribution in [2.45, 2.75) is 25.9 Å². The van der Waals surface area contributed by atoms with Gasteiger partial charge in [0.25, 0.3) is 0 Å². The maximum atomic E-state index is 11.5. The fraction of sp³-hybridized carbons (Fsp3) is 0.727. The lowest BCUT2D eigenvalue weighted by molar-refractivity contribution is -0.139. The first-order valence-electron chi connectivity index (χ1n) is 6.00. The van der Waals surface area contributed by atoms with Crippen LogP contribution < -0.4 is 16.4 Å². The van der Waals surface area contributed by atoms with Gasteiger partial charge in [-0.3, -0.25) is 9.59 Å². The van der Waals surface area contributed by atoms with Crippen LogP contribution in [0.15, 0.2) is 0 Å². The predicted octanol–water partition coefficient (Wildman–Crippen LogP) is -0.680. The van der Waals surface area contributed by atoms with E-state index in [4.69, 9.17) is 10.5 Å². The number of nitrogens with one attached hydrogen (secondary N) is 2. The number of nitrogens with two attached hydrogens (primary N) is 1. The highest BCUT2D eigenvalue weighted by atomic mass is 32.1. The lowest BCUT2D eigenvalue weighted by atomic mass is 10.00. The average Bonchev–Trinajstić information content (AvgIpc) is 2.80. The molecule has 4 N–H and O–H groups in total. The van der Waals surface area contributed by atoms with Crippen LogP contribution in [0.1, 0.15) is 19.8 Å². The second-order valence-electron chi connectivity index (χ2n) is 4.23. The van der Waals surface area contributed by atoms with E-state index in [-0.39, 0.29) is 23.6 Å². The van der Waals surface area contributed by atoms with Gasteiger partial charge in [-0.15, -0.1) is 0 Å². The third-order valence-corrected chi connectivity index (χ3v) is 3.05. The highest BCUT2D eigenvalue weighted by Gasteiger charge is 2.27. The van der Waals surface area contributed by atoms with Crippen LogP contribution in [0.3, 0.4) is 0 Å². The summed E-state index contributed by atoms with van der Waals surface area (Å²) in [7, 11) is 0. The Kier molecular flexibility index (Phi) is 6.00. The lowest BCUT2D eigenvalue weighted by Gasteiger charge is -2.16. The maximum absolute atomic E-state index is 11.5. The molecule has 1 heterocycles. The molecule has 0 bridgehead atoms. The molecule has 2 atom stereocenters. The Balaban J connectivity index is 2.27. The largest absolute Gasteiger partial charge is 0.392 e. The number of hydrogen-bond acceptors (Lipinski definition) is 4. The molecule has 1 aliphatic rings.